The van der Waals surface area contributed by atoms with Crippen molar-refractivity contribution in [1.82, 2.24) is 20.8 Å². The van der Waals surface area contributed by atoms with Gasteiger partial charge in [-0.05, 0) is 55.4 Å². The molecule has 29 heavy (non-hydrogen) atoms. The van der Waals surface area contributed by atoms with Crippen molar-refractivity contribution in [1.29, 1.82) is 0 Å². The molecule has 0 unspecified atom stereocenters. The van der Waals surface area contributed by atoms with Gasteiger partial charge in [0, 0.05) is 6.54 Å². The fourth-order valence-corrected chi connectivity index (χ4v) is 3.05. The van der Waals surface area contributed by atoms with Gasteiger partial charge >= 0.3 is 0 Å². The molecule has 0 aliphatic carbocycles. The molecule has 1 aromatic heterocycles. The van der Waals surface area contributed by atoms with Crippen molar-refractivity contribution in [2.24, 2.45) is 0 Å². The lowest BCUT2D eigenvalue weighted by Gasteiger charge is -2.11. The molecule has 0 fully saturated rings. The second-order valence-corrected chi connectivity index (χ2v) is 6.53. The number of hydrogen-bond donors (Lipinski definition) is 3. The highest BCUT2D eigenvalue weighted by atomic mass is 19.1. The summed E-state index contributed by atoms with van der Waals surface area (Å²) in [6.45, 7) is 4.39. The first-order valence-corrected chi connectivity index (χ1v) is 9.61. The second kappa shape index (κ2) is 9.84. The summed E-state index contributed by atoms with van der Waals surface area (Å²) in [5.74, 6) is 0.00395. The Morgan fingerprint density at radius 2 is 1.97 bits per heavy atom. The lowest BCUT2D eigenvalue weighted by molar-refractivity contribution is 0.0950. The van der Waals surface area contributed by atoms with Gasteiger partial charge in [0.05, 0.1) is 29.3 Å². The van der Waals surface area contributed by atoms with Gasteiger partial charge in [0.15, 0.2) is 0 Å². The molecule has 152 valence electrons. The molecule has 7 heteroatoms. The largest absolute Gasteiger partial charge is 0.495 e. The van der Waals surface area contributed by atoms with E-state index in [1.165, 1.54) is 19.2 Å². The zero-order valence-corrected chi connectivity index (χ0v) is 16.6. The van der Waals surface area contributed by atoms with Crippen LogP contribution in [0.1, 0.15) is 35.0 Å². The molecule has 2 aromatic carbocycles. The molecular weight excluding hydrogens is 371 g/mol. The van der Waals surface area contributed by atoms with E-state index < -0.39 is 0 Å². The van der Waals surface area contributed by atoms with Crippen molar-refractivity contribution < 1.29 is 13.9 Å². The number of methoxy groups -OCH3 is 1. The molecule has 0 aliphatic rings. The van der Waals surface area contributed by atoms with Gasteiger partial charge in [-0.1, -0.05) is 25.1 Å². The molecule has 0 atom stereocenters. The SMILES string of the molecule is CCNCCCNC(=O)c1ccc2[nH]nc(C=Cc3ccc(F)cc3)c2c1OC. The van der Waals surface area contributed by atoms with Crippen LogP contribution in [0.5, 0.6) is 5.75 Å². The number of carbonyl (C=O) groups excluding carboxylic acids is 1. The summed E-state index contributed by atoms with van der Waals surface area (Å²) in [6, 6.07) is 9.72. The number of carbonyl (C=O) groups is 1. The van der Waals surface area contributed by atoms with Crippen LogP contribution in [0.15, 0.2) is 36.4 Å². The predicted molar refractivity (Wildman–Crippen MR) is 113 cm³/mol. The zero-order valence-electron chi connectivity index (χ0n) is 16.6. The number of halogens is 1. The van der Waals surface area contributed by atoms with E-state index in [1.54, 1.807) is 18.2 Å². The molecule has 1 amide bonds. The van der Waals surface area contributed by atoms with Crippen LogP contribution >= 0.6 is 0 Å². The van der Waals surface area contributed by atoms with E-state index in [9.17, 15) is 9.18 Å². The molecule has 0 saturated heterocycles. The zero-order chi connectivity index (χ0) is 20.6. The van der Waals surface area contributed by atoms with Crippen LogP contribution in [0.2, 0.25) is 0 Å². The molecule has 0 radical (unpaired) electrons. The number of nitrogens with zero attached hydrogens (tertiary/aromatic N) is 1. The van der Waals surface area contributed by atoms with Crippen molar-refractivity contribution in [3.05, 3.63) is 59.0 Å². The van der Waals surface area contributed by atoms with Gasteiger partial charge < -0.3 is 15.4 Å². The lowest BCUT2D eigenvalue weighted by Crippen LogP contribution is -2.27. The van der Waals surface area contributed by atoms with Crippen LogP contribution in [0.25, 0.3) is 23.1 Å². The van der Waals surface area contributed by atoms with Crippen LogP contribution in [0, 0.1) is 5.82 Å². The van der Waals surface area contributed by atoms with Gasteiger partial charge in [-0.25, -0.2) is 4.39 Å². The molecule has 1 heterocycles. The Labute approximate surface area is 169 Å². The number of rotatable bonds is 9. The minimum Gasteiger partial charge on any atom is -0.495 e. The standard InChI is InChI=1S/C22H25FN4O2/c1-3-24-13-4-14-25-22(28)17-10-12-19-20(21(17)29-2)18(26-27-19)11-7-15-5-8-16(23)9-6-15/h5-12,24H,3-4,13-14H2,1-2H3,(H,25,28)(H,26,27). The molecule has 0 aliphatic heterocycles. The Kier molecular flexibility index (Phi) is 6.97. The number of benzene rings is 2. The molecule has 0 saturated carbocycles. The second-order valence-electron chi connectivity index (χ2n) is 6.53. The summed E-state index contributed by atoms with van der Waals surface area (Å²) >= 11 is 0. The number of ether oxygens (including phenoxy) is 1. The van der Waals surface area contributed by atoms with Crippen LogP contribution in [0.3, 0.4) is 0 Å². The first kappa shape index (κ1) is 20.5. The molecule has 6 nitrogen and oxygen atoms in total. The summed E-state index contributed by atoms with van der Waals surface area (Å²) in [4.78, 5) is 12.6. The monoisotopic (exact) mass is 396 g/mol. The molecule has 3 rings (SSSR count). The summed E-state index contributed by atoms with van der Waals surface area (Å²) in [5.41, 5.74) is 2.71. The summed E-state index contributed by atoms with van der Waals surface area (Å²) in [5, 5.41) is 14.2. The van der Waals surface area contributed by atoms with E-state index in [4.69, 9.17) is 4.74 Å². The van der Waals surface area contributed by atoms with Crippen molar-refractivity contribution >= 4 is 29.0 Å². The number of nitrogens with one attached hydrogen (secondary N) is 3. The maximum absolute atomic E-state index is 13.1. The number of aromatic amines is 1. The minimum atomic E-state index is -0.282. The van der Waals surface area contributed by atoms with Crippen LogP contribution < -0.4 is 15.4 Å². The maximum atomic E-state index is 13.1. The van der Waals surface area contributed by atoms with E-state index in [0.29, 0.717) is 23.6 Å². The lowest BCUT2D eigenvalue weighted by atomic mass is 10.1. The minimum absolute atomic E-state index is 0.185. The number of amides is 1. The Morgan fingerprint density at radius 3 is 2.69 bits per heavy atom. The Balaban J connectivity index is 1.84. The summed E-state index contributed by atoms with van der Waals surface area (Å²) in [6.07, 6.45) is 4.50. The first-order chi connectivity index (χ1) is 14.1. The molecule has 0 bridgehead atoms. The van der Waals surface area contributed by atoms with Crippen molar-refractivity contribution in [2.45, 2.75) is 13.3 Å². The average molecular weight is 396 g/mol. The van der Waals surface area contributed by atoms with Gasteiger partial charge in [-0.15, -0.1) is 0 Å². The summed E-state index contributed by atoms with van der Waals surface area (Å²) in [7, 11) is 1.54. The Hall–Kier alpha value is -3.19. The third-order valence-corrected chi connectivity index (χ3v) is 4.53. The van der Waals surface area contributed by atoms with Crippen LogP contribution in [-0.2, 0) is 0 Å². The smallest absolute Gasteiger partial charge is 0.255 e. The fraction of sp³-hybridized carbons (Fsp3) is 0.273. The maximum Gasteiger partial charge on any atom is 0.255 e. The first-order valence-electron chi connectivity index (χ1n) is 9.61. The molecule has 3 aromatic rings. The van der Waals surface area contributed by atoms with Crippen LogP contribution in [0.4, 0.5) is 4.39 Å². The third-order valence-electron chi connectivity index (χ3n) is 4.53. The Bertz CT molecular complexity index is 996. The topological polar surface area (TPSA) is 79.0 Å². The molecule has 3 N–H and O–H groups in total. The van der Waals surface area contributed by atoms with Crippen molar-refractivity contribution in [3.63, 3.8) is 0 Å². The van der Waals surface area contributed by atoms with Gasteiger partial charge in [0.1, 0.15) is 11.6 Å². The van der Waals surface area contributed by atoms with Gasteiger partial charge in [0.25, 0.3) is 5.91 Å². The third kappa shape index (κ3) is 5.00. The van der Waals surface area contributed by atoms with Crippen molar-refractivity contribution in [3.8, 4) is 5.75 Å². The number of H-pyrrole nitrogens is 1. The van der Waals surface area contributed by atoms with E-state index in [2.05, 4.69) is 20.8 Å². The quantitative estimate of drug-likeness (QED) is 0.483. The highest BCUT2D eigenvalue weighted by Gasteiger charge is 2.18. The van der Waals surface area contributed by atoms with Crippen LogP contribution in [-0.4, -0.2) is 42.8 Å². The van der Waals surface area contributed by atoms with E-state index >= 15 is 0 Å². The van der Waals surface area contributed by atoms with E-state index in [-0.39, 0.29) is 11.7 Å². The Morgan fingerprint density at radius 1 is 1.17 bits per heavy atom. The van der Waals surface area contributed by atoms with E-state index in [0.717, 1.165) is 36.0 Å². The number of aromatic nitrogens is 2. The highest BCUT2D eigenvalue weighted by Crippen LogP contribution is 2.32. The van der Waals surface area contributed by atoms with Crippen molar-refractivity contribution in [2.75, 3.05) is 26.7 Å². The normalized spacial score (nSPS) is 11.3. The van der Waals surface area contributed by atoms with E-state index in [1.807, 2.05) is 25.1 Å². The number of hydrogen-bond acceptors (Lipinski definition) is 4. The molecular formula is C22H25FN4O2. The summed E-state index contributed by atoms with van der Waals surface area (Å²) < 4.78 is 18.7. The predicted octanol–water partition coefficient (Wildman–Crippen LogP) is 3.61. The number of fused-ring (bicyclic) bond motifs is 1. The van der Waals surface area contributed by atoms with Gasteiger partial charge in [-0.3, -0.25) is 9.89 Å². The van der Waals surface area contributed by atoms with Gasteiger partial charge in [0.2, 0.25) is 0 Å². The van der Waals surface area contributed by atoms with Gasteiger partial charge in [-0.2, -0.15) is 5.10 Å². The fourth-order valence-electron chi connectivity index (χ4n) is 3.05. The molecule has 0 spiro atoms. The average Bonchev–Trinajstić information content (AvgIpc) is 3.15. The highest BCUT2D eigenvalue weighted by molar-refractivity contribution is 6.05.